The van der Waals surface area contributed by atoms with Gasteiger partial charge in [0.2, 0.25) is 0 Å². The molecule has 24 heavy (non-hydrogen) atoms. The van der Waals surface area contributed by atoms with Crippen molar-refractivity contribution in [3.63, 3.8) is 0 Å². The van der Waals surface area contributed by atoms with Gasteiger partial charge in [-0.1, -0.05) is 103 Å². The maximum atomic E-state index is 8.60. The van der Waals surface area contributed by atoms with Gasteiger partial charge in [-0.15, -0.1) is 0 Å². The van der Waals surface area contributed by atoms with Gasteiger partial charge in [-0.3, -0.25) is 0 Å². The normalized spacial score (nSPS) is 12.2. The minimum atomic E-state index is -0.893. The van der Waals surface area contributed by atoms with Crippen LogP contribution in [0.3, 0.4) is 0 Å². The number of aliphatic hydroxyl groups is 1. The van der Waals surface area contributed by atoms with Gasteiger partial charge in [-0.2, -0.15) is 0 Å². The first-order valence-electron chi connectivity index (χ1n) is 10.7. The second-order valence-electron chi connectivity index (χ2n) is 8.74. The van der Waals surface area contributed by atoms with Crippen LogP contribution >= 0.6 is 0 Å². The summed E-state index contributed by atoms with van der Waals surface area (Å²) in [6.07, 6.45) is 15.3. The van der Waals surface area contributed by atoms with E-state index in [0.29, 0.717) is 6.61 Å². The van der Waals surface area contributed by atoms with Crippen molar-refractivity contribution in [2.75, 3.05) is 19.8 Å². The van der Waals surface area contributed by atoms with E-state index in [1.807, 2.05) is 0 Å². The van der Waals surface area contributed by atoms with Crippen molar-refractivity contribution in [1.29, 1.82) is 0 Å². The Hall–Kier alpha value is 0.137. The first-order valence-corrected chi connectivity index (χ1v) is 14.1. The summed E-state index contributed by atoms with van der Waals surface area (Å²) in [5.41, 5.74) is 0. The number of aliphatic hydroxyl groups excluding tert-OH is 1. The Labute approximate surface area is 153 Å². The highest BCUT2D eigenvalue weighted by Gasteiger charge is 2.20. The van der Waals surface area contributed by atoms with Gasteiger partial charge in [0, 0.05) is 14.7 Å². The maximum absolute atomic E-state index is 8.60. The lowest BCUT2D eigenvalue weighted by atomic mass is 10.1. The Morgan fingerprint density at radius 2 is 1.17 bits per heavy atom. The molecule has 0 aromatic carbocycles. The zero-order chi connectivity index (χ0) is 18.1. The van der Waals surface area contributed by atoms with Gasteiger partial charge < -0.3 is 9.84 Å². The highest BCUT2D eigenvalue weighted by atomic mass is 28.3. The summed E-state index contributed by atoms with van der Waals surface area (Å²) in [4.78, 5) is 0. The Bertz CT molecular complexity index is 254. The van der Waals surface area contributed by atoms with E-state index in [2.05, 4.69) is 26.9 Å². The second kappa shape index (κ2) is 16.6. The molecule has 0 aliphatic rings. The molecule has 0 spiro atoms. The molecule has 3 heteroatoms. The van der Waals surface area contributed by atoms with E-state index < -0.39 is 8.07 Å². The molecule has 0 aromatic rings. The summed E-state index contributed by atoms with van der Waals surface area (Å²) >= 11 is 0. The van der Waals surface area contributed by atoms with E-state index in [9.17, 15) is 0 Å². The molecule has 0 saturated carbocycles. The fraction of sp³-hybridized carbons (Fsp3) is 1.00. The lowest BCUT2D eigenvalue weighted by Crippen LogP contribution is -2.26. The van der Waals surface area contributed by atoms with Crippen LogP contribution in [0.1, 0.15) is 84.5 Å². The predicted molar refractivity (Wildman–Crippen MR) is 111 cm³/mol. The molecule has 0 atom stereocenters. The van der Waals surface area contributed by atoms with Crippen LogP contribution in [0.15, 0.2) is 0 Å². The maximum Gasteiger partial charge on any atom is 0.0697 e. The quantitative estimate of drug-likeness (QED) is 0.219. The number of ether oxygens (including phenoxy) is 1. The summed E-state index contributed by atoms with van der Waals surface area (Å²) in [5.74, 6) is 0.889. The first-order chi connectivity index (χ1) is 11.5. The molecule has 0 fully saturated rings. The van der Waals surface area contributed by atoms with Crippen LogP contribution in [0.4, 0.5) is 0 Å². The standard InChI is InChI=1S/C21H46O2Si/c1-21(2)20-24(3,4)19-15-13-11-9-7-5-6-8-10-12-14-17-23-18-16-22/h21-22H,5-20H2,1-4H3. The third-order valence-electron chi connectivity index (χ3n) is 4.84. The van der Waals surface area contributed by atoms with Crippen molar-refractivity contribution in [2.24, 2.45) is 5.92 Å². The molecular formula is C21H46O2Si. The Morgan fingerprint density at radius 3 is 1.62 bits per heavy atom. The topological polar surface area (TPSA) is 29.5 Å². The summed E-state index contributed by atoms with van der Waals surface area (Å²) in [7, 11) is -0.893. The van der Waals surface area contributed by atoms with Crippen LogP contribution in [-0.2, 0) is 4.74 Å². The molecule has 0 rings (SSSR count). The fourth-order valence-electron chi connectivity index (χ4n) is 3.77. The Morgan fingerprint density at radius 1 is 0.708 bits per heavy atom. The minimum absolute atomic E-state index is 0.150. The van der Waals surface area contributed by atoms with Crippen LogP contribution < -0.4 is 0 Å². The largest absolute Gasteiger partial charge is 0.394 e. The van der Waals surface area contributed by atoms with E-state index in [4.69, 9.17) is 9.84 Å². The van der Waals surface area contributed by atoms with Crippen LogP contribution in [0.2, 0.25) is 25.2 Å². The van der Waals surface area contributed by atoms with Gasteiger partial charge in [-0.25, -0.2) is 0 Å². The minimum Gasteiger partial charge on any atom is -0.394 e. The summed E-state index contributed by atoms with van der Waals surface area (Å²) < 4.78 is 5.27. The molecule has 0 aliphatic carbocycles. The Balaban J connectivity index is 3.18. The smallest absolute Gasteiger partial charge is 0.0697 e. The molecule has 0 aliphatic heterocycles. The van der Waals surface area contributed by atoms with Gasteiger partial charge in [0.15, 0.2) is 0 Å². The summed E-state index contributed by atoms with van der Waals surface area (Å²) in [6.45, 7) is 11.4. The highest BCUT2D eigenvalue weighted by molar-refractivity contribution is 6.77. The lowest BCUT2D eigenvalue weighted by molar-refractivity contribution is 0.0895. The van der Waals surface area contributed by atoms with Crippen molar-refractivity contribution in [3.8, 4) is 0 Å². The molecular weight excluding hydrogens is 312 g/mol. The SMILES string of the molecule is CC(C)C[Si](C)(C)CCCCCCCCCCCCCOCCO. The second-order valence-corrected chi connectivity index (χ2v) is 14.0. The molecule has 0 amide bonds. The number of hydrogen-bond acceptors (Lipinski definition) is 2. The van der Waals surface area contributed by atoms with Crippen molar-refractivity contribution in [2.45, 2.75) is 110 Å². The van der Waals surface area contributed by atoms with E-state index in [-0.39, 0.29) is 6.61 Å². The van der Waals surface area contributed by atoms with Crippen LogP contribution in [0.5, 0.6) is 0 Å². The number of rotatable bonds is 18. The number of hydrogen-bond donors (Lipinski definition) is 1. The van der Waals surface area contributed by atoms with Crippen molar-refractivity contribution < 1.29 is 9.84 Å². The van der Waals surface area contributed by atoms with Gasteiger partial charge in [0.25, 0.3) is 0 Å². The zero-order valence-electron chi connectivity index (χ0n) is 17.2. The van der Waals surface area contributed by atoms with Crippen molar-refractivity contribution >= 4 is 8.07 Å². The molecule has 0 unspecified atom stereocenters. The average molecular weight is 359 g/mol. The van der Waals surface area contributed by atoms with Gasteiger partial charge >= 0.3 is 0 Å². The summed E-state index contributed by atoms with van der Waals surface area (Å²) in [5, 5.41) is 8.60. The molecule has 0 heterocycles. The molecule has 146 valence electrons. The summed E-state index contributed by atoms with van der Waals surface area (Å²) in [6, 6.07) is 3.04. The monoisotopic (exact) mass is 358 g/mol. The third kappa shape index (κ3) is 18.5. The lowest BCUT2D eigenvalue weighted by Gasteiger charge is -2.24. The highest BCUT2D eigenvalue weighted by Crippen LogP contribution is 2.24. The number of unbranched alkanes of at least 4 members (excludes halogenated alkanes) is 10. The van der Waals surface area contributed by atoms with Crippen molar-refractivity contribution in [1.82, 2.24) is 0 Å². The predicted octanol–water partition coefficient (Wildman–Crippen LogP) is 6.65. The Kier molecular flexibility index (Phi) is 16.7. The van der Waals surface area contributed by atoms with Crippen molar-refractivity contribution in [3.05, 3.63) is 0 Å². The third-order valence-corrected chi connectivity index (χ3v) is 8.47. The van der Waals surface area contributed by atoms with E-state index >= 15 is 0 Å². The first kappa shape index (κ1) is 24.1. The molecule has 0 bridgehead atoms. The molecule has 0 saturated heterocycles. The van der Waals surface area contributed by atoms with E-state index in [1.165, 1.54) is 76.3 Å². The van der Waals surface area contributed by atoms with Crippen LogP contribution in [0.25, 0.3) is 0 Å². The molecule has 2 nitrogen and oxygen atoms in total. The molecule has 0 aromatic heterocycles. The fourth-order valence-corrected chi connectivity index (χ4v) is 7.39. The van der Waals surface area contributed by atoms with E-state index in [1.54, 1.807) is 0 Å². The van der Waals surface area contributed by atoms with Gasteiger partial charge in [0.05, 0.1) is 13.2 Å². The van der Waals surface area contributed by atoms with Gasteiger partial charge in [0.1, 0.15) is 0 Å². The van der Waals surface area contributed by atoms with Crippen LogP contribution in [-0.4, -0.2) is 33.0 Å². The van der Waals surface area contributed by atoms with Gasteiger partial charge in [-0.05, 0) is 12.3 Å². The average Bonchev–Trinajstić information content (AvgIpc) is 2.49. The van der Waals surface area contributed by atoms with Crippen LogP contribution in [0, 0.1) is 5.92 Å². The zero-order valence-corrected chi connectivity index (χ0v) is 18.2. The molecule has 1 N–H and O–H groups in total. The molecule has 0 radical (unpaired) electrons. The van der Waals surface area contributed by atoms with E-state index in [0.717, 1.165) is 18.9 Å².